The van der Waals surface area contributed by atoms with Gasteiger partial charge in [0.25, 0.3) is 0 Å². The molecule has 20 heavy (non-hydrogen) atoms. The van der Waals surface area contributed by atoms with Gasteiger partial charge in [-0.25, -0.2) is 0 Å². The highest BCUT2D eigenvalue weighted by molar-refractivity contribution is 4.90. The summed E-state index contributed by atoms with van der Waals surface area (Å²) in [5.41, 5.74) is 0.557. The third-order valence-corrected chi connectivity index (χ3v) is 5.60. The van der Waals surface area contributed by atoms with Crippen molar-refractivity contribution in [3.63, 3.8) is 0 Å². The van der Waals surface area contributed by atoms with Gasteiger partial charge in [0.1, 0.15) is 0 Å². The van der Waals surface area contributed by atoms with Crippen LogP contribution in [-0.2, 0) is 0 Å². The summed E-state index contributed by atoms with van der Waals surface area (Å²) < 4.78 is 0. The van der Waals surface area contributed by atoms with E-state index in [2.05, 4.69) is 31.0 Å². The highest BCUT2D eigenvalue weighted by Crippen LogP contribution is 2.40. The number of rotatable bonds is 5. The maximum atomic E-state index is 3.67. The van der Waals surface area contributed by atoms with Gasteiger partial charge in [-0.05, 0) is 69.0 Å². The summed E-state index contributed by atoms with van der Waals surface area (Å²) in [7, 11) is 0. The van der Waals surface area contributed by atoms with Crippen LogP contribution in [0.3, 0.4) is 0 Å². The molecule has 3 atom stereocenters. The molecule has 2 aliphatic rings. The Labute approximate surface area is 126 Å². The van der Waals surface area contributed by atoms with Crippen LogP contribution in [0.25, 0.3) is 0 Å². The summed E-state index contributed by atoms with van der Waals surface area (Å²) >= 11 is 0. The first-order valence-electron chi connectivity index (χ1n) is 9.06. The van der Waals surface area contributed by atoms with Gasteiger partial charge in [0.05, 0.1) is 0 Å². The van der Waals surface area contributed by atoms with Crippen LogP contribution in [0.2, 0.25) is 0 Å². The highest BCUT2D eigenvalue weighted by atomic mass is 15.1. The fraction of sp³-hybridized carbons (Fsp3) is 1.00. The molecule has 2 fully saturated rings. The molecule has 0 radical (unpaired) electrons. The summed E-state index contributed by atoms with van der Waals surface area (Å²) in [4.78, 5) is 2.79. The summed E-state index contributed by atoms with van der Waals surface area (Å²) in [5.74, 6) is 1.86. The number of likely N-dealkylation sites (tertiary alicyclic amines) is 1. The Morgan fingerprint density at radius 1 is 1.05 bits per heavy atom. The Hall–Kier alpha value is -0.0800. The van der Waals surface area contributed by atoms with Crippen LogP contribution in [0.1, 0.15) is 65.7 Å². The zero-order valence-electron chi connectivity index (χ0n) is 14.1. The molecule has 0 spiro atoms. The first-order valence-corrected chi connectivity index (χ1v) is 9.06. The lowest BCUT2D eigenvalue weighted by Crippen LogP contribution is -2.47. The quantitative estimate of drug-likeness (QED) is 0.821. The molecule has 2 rings (SSSR count). The van der Waals surface area contributed by atoms with Crippen molar-refractivity contribution in [3.05, 3.63) is 0 Å². The predicted molar refractivity (Wildman–Crippen MR) is 88.1 cm³/mol. The molecule has 0 aromatic carbocycles. The Morgan fingerprint density at radius 3 is 2.60 bits per heavy atom. The van der Waals surface area contributed by atoms with Crippen molar-refractivity contribution in [3.8, 4) is 0 Å². The Bertz CT molecular complexity index is 279. The molecule has 0 amide bonds. The van der Waals surface area contributed by atoms with Crippen LogP contribution >= 0.6 is 0 Å². The van der Waals surface area contributed by atoms with E-state index in [-0.39, 0.29) is 0 Å². The minimum Gasteiger partial charge on any atom is -0.316 e. The standard InChI is InChI=1S/C18H36N2/c1-4-19-14-18(10-5-7-17(3)13-18)15-20-11-6-8-16(2)9-12-20/h16-17,19H,4-15H2,1-3H3. The van der Waals surface area contributed by atoms with Crippen molar-refractivity contribution in [2.24, 2.45) is 17.3 Å². The molecule has 1 aliphatic carbocycles. The molecule has 118 valence electrons. The average Bonchev–Trinajstić information content (AvgIpc) is 2.62. The monoisotopic (exact) mass is 280 g/mol. The largest absolute Gasteiger partial charge is 0.316 e. The Balaban J connectivity index is 1.95. The van der Waals surface area contributed by atoms with E-state index in [1.54, 1.807) is 0 Å². The van der Waals surface area contributed by atoms with Crippen molar-refractivity contribution in [1.82, 2.24) is 10.2 Å². The molecule has 2 heteroatoms. The topological polar surface area (TPSA) is 15.3 Å². The summed E-state index contributed by atoms with van der Waals surface area (Å²) in [5, 5.41) is 3.67. The van der Waals surface area contributed by atoms with Crippen LogP contribution in [0.5, 0.6) is 0 Å². The minimum absolute atomic E-state index is 0.557. The predicted octanol–water partition coefficient (Wildman–Crippen LogP) is 3.91. The van der Waals surface area contributed by atoms with Crippen molar-refractivity contribution in [1.29, 1.82) is 0 Å². The molecule has 1 heterocycles. The molecule has 0 aromatic heterocycles. The molecule has 1 N–H and O–H groups in total. The van der Waals surface area contributed by atoms with Gasteiger partial charge in [0.15, 0.2) is 0 Å². The minimum atomic E-state index is 0.557. The number of nitrogens with one attached hydrogen (secondary N) is 1. The summed E-state index contributed by atoms with van der Waals surface area (Å²) in [6, 6.07) is 0. The van der Waals surface area contributed by atoms with Gasteiger partial charge < -0.3 is 10.2 Å². The molecule has 3 unspecified atom stereocenters. The third-order valence-electron chi connectivity index (χ3n) is 5.60. The van der Waals surface area contributed by atoms with E-state index < -0.39 is 0 Å². The smallest absolute Gasteiger partial charge is 0.00502 e. The lowest BCUT2D eigenvalue weighted by molar-refractivity contribution is 0.0816. The van der Waals surface area contributed by atoms with E-state index >= 15 is 0 Å². The van der Waals surface area contributed by atoms with Crippen LogP contribution in [-0.4, -0.2) is 37.6 Å². The Kier molecular flexibility index (Phi) is 6.35. The number of hydrogen-bond donors (Lipinski definition) is 1. The molecular formula is C18H36N2. The van der Waals surface area contributed by atoms with Gasteiger partial charge in [-0.2, -0.15) is 0 Å². The van der Waals surface area contributed by atoms with Crippen LogP contribution in [0, 0.1) is 17.3 Å². The zero-order valence-corrected chi connectivity index (χ0v) is 14.1. The second kappa shape index (κ2) is 7.79. The fourth-order valence-corrected chi connectivity index (χ4v) is 4.47. The van der Waals surface area contributed by atoms with Gasteiger partial charge in [0.2, 0.25) is 0 Å². The van der Waals surface area contributed by atoms with Gasteiger partial charge in [-0.15, -0.1) is 0 Å². The van der Waals surface area contributed by atoms with Crippen molar-refractivity contribution < 1.29 is 0 Å². The number of hydrogen-bond acceptors (Lipinski definition) is 2. The van der Waals surface area contributed by atoms with Crippen LogP contribution < -0.4 is 5.32 Å². The fourth-order valence-electron chi connectivity index (χ4n) is 4.47. The molecule has 0 aromatic rings. The van der Waals surface area contributed by atoms with E-state index in [1.165, 1.54) is 71.1 Å². The second-order valence-electron chi connectivity index (χ2n) is 7.79. The third kappa shape index (κ3) is 4.73. The van der Waals surface area contributed by atoms with Crippen LogP contribution in [0.15, 0.2) is 0 Å². The molecule has 0 bridgehead atoms. The molecule has 1 saturated heterocycles. The molecule has 1 aliphatic heterocycles. The molecule has 1 saturated carbocycles. The number of nitrogens with zero attached hydrogens (tertiary/aromatic N) is 1. The van der Waals surface area contributed by atoms with Crippen molar-refractivity contribution in [2.75, 3.05) is 32.7 Å². The highest BCUT2D eigenvalue weighted by Gasteiger charge is 2.36. The van der Waals surface area contributed by atoms with E-state index in [1.807, 2.05) is 0 Å². The normalized spacial score (nSPS) is 36.8. The first kappa shape index (κ1) is 16.3. The lowest BCUT2D eigenvalue weighted by Gasteiger charge is -2.43. The molecular weight excluding hydrogens is 244 g/mol. The maximum absolute atomic E-state index is 3.67. The van der Waals surface area contributed by atoms with E-state index in [9.17, 15) is 0 Å². The zero-order chi connectivity index (χ0) is 14.4. The van der Waals surface area contributed by atoms with Crippen molar-refractivity contribution in [2.45, 2.75) is 65.7 Å². The lowest BCUT2D eigenvalue weighted by atomic mass is 9.69. The van der Waals surface area contributed by atoms with E-state index in [4.69, 9.17) is 0 Å². The Morgan fingerprint density at radius 2 is 1.85 bits per heavy atom. The average molecular weight is 280 g/mol. The van der Waals surface area contributed by atoms with E-state index in [0.717, 1.165) is 18.4 Å². The molecule has 2 nitrogen and oxygen atoms in total. The van der Waals surface area contributed by atoms with Gasteiger partial charge in [-0.1, -0.05) is 33.6 Å². The van der Waals surface area contributed by atoms with Crippen molar-refractivity contribution >= 4 is 0 Å². The summed E-state index contributed by atoms with van der Waals surface area (Å²) in [6.07, 6.45) is 10.0. The first-order chi connectivity index (χ1) is 9.63. The van der Waals surface area contributed by atoms with Crippen LogP contribution in [0.4, 0.5) is 0 Å². The SMILES string of the molecule is CCNCC1(CN2CCCC(C)CC2)CCCC(C)C1. The maximum Gasteiger partial charge on any atom is 0.00502 e. The van der Waals surface area contributed by atoms with Gasteiger partial charge in [0, 0.05) is 13.1 Å². The van der Waals surface area contributed by atoms with E-state index in [0.29, 0.717) is 5.41 Å². The van der Waals surface area contributed by atoms with Gasteiger partial charge >= 0.3 is 0 Å². The van der Waals surface area contributed by atoms with Gasteiger partial charge in [-0.3, -0.25) is 0 Å². The second-order valence-corrected chi connectivity index (χ2v) is 7.79. The summed E-state index contributed by atoms with van der Waals surface area (Å²) in [6.45, 7) is 13.5.